The molecule has 1 saturated heterocycles. The molecule has 0 atom stereocenters. The highest BCUT2D eigenvalue weighted by Crippen LogP contribution is 2.06. The highest BCUT2D eigenvalue weighted by atomic mass is 16.1. The van der Waals surface area contributed by atoms with E-state index in [1.165, 1.54) is 0 Å². The number of H-pyrrole nitrogens is 1. The first-order valence-electron chi connectivity index (χ1n) is 7.19. The lowest BCUT2D eigenvalue weighted by molar-refractivity contribution is -0.122. The van der Waals surface area contributed by atoms with E-state index in [2.05, 4.69) is 26.0 Å². The molecule has 0 aliphatic carbocycles. The molecule has 0 bridgehead atoms. The van der Waals surface area contributed by atoms with E-state index in [-0.39, 0.29) is 5.91 Å². The van der Waals surface area contributed by atoms with Crippen molar-refractivity contribution < 1.29 is 4.79 Å². The minimum Gasteiger partial charge on any atom is -0.353 e. The van der Waals surface area contributed by atoms with Gasteiger partial charge in [-0.15, -0.1) is 0 Å². The van der Waals surface area contributed by atoms with Gasteiger partial charge in [0.15, 0.2) is 0 Å². The second-order valence-electron chi connectivity index (χ2n) is 5.11. The number of carbonyl (C=O) groups excluding carboxylic acids is 1. The molecule has 0 aromatic carbocycles. The minimum atomic E-state index is 0.202. The molecular formula is C13H23N5O. The summed E-state index contributed by atoms with van der Waals surface area (Å²) in [6, 6.07) is 0.379. The zero-order chi connectivity index (χ0) is 13.3. The van der Waals surface area contributed by atoms with Crippen molar-refractivity contribution >= 4 is 5.91 Å². The zero-order valence-electron chi connectivity index (χ0n) is 11.3. The second-order valence-corrected chi connectivity index (χ2v) is 5.11. The fraction of sp³-hybridized carbons (Fsp3) is 0.769. The molecule has 19 heavy (non-hydrogen) atoms. The summed E-state index contributed by atoms with van der Waals surface area (Å²) in [4.78, 5) is 11.7. The van der Waals surface area contributed by atoms with Crippen LogP contribution in [0.15, 0.2) is 6.20 Å². The number of nitrogens with one attached hydrogen (secondary N) is 3. The van der Waals surface area contributed by atoms with Crippen molar-refractivity contribution in [2.75, 3.05) is 13.1 Å². The fourth-order valence-electron chi connectivity index (χ4n) is 2.38. The highest BCUT2D eigenvalue weighted by molar-refractivity contribution is 5.76. The summed E-state index contributed by atoms with van der Waals surface area (Å²) in [5.41, 5.74) is 0.999. The smallest absolute Gasteiger partial charge is 0.220 e. The van der Waals surface area contributed by atoms with Crippen molar-refractivity contribution in [3.05, 3.63) is 11.9 Å². The van der Waals surface area contributed by atoms with Gasteiger partial charge in [0.1, 0.15) is 0 Å². The SMILES string of the molecule is O=C(CCCCCc1cn[nH]n1)NC1CCNCC1. The summed E-state index contributed by atoms with van der Waals surface area (Å²) >= 11 is 0. The number of hydrogen-bond donors (Lipinski definition) is 3. The Labute approximate surface area is 113 Å². The Hall–Kier alpha value is -1.43. The van der Waals surface area contributed by atoms with E-state index in [1.807, 2.05) is 0 Å². The lowest BCUT2D eigenvalue weighted by Crippen LogP contribution is -2.42. The van der Waals surface area contributed by atoms with Gasteiger partial charge in [-0.2, -0.15) is 15.4 Å². The van der Waals surface area contributed by atoms with Crippen molar-refractivity contribution in [1.82, 2.24) is 26.0 Å². The molecule has 1 aliphatic heterocycles. The van der Waals surface area contributed by atoms with Gasteiger partial charge in [0, 0.05) is 12.5 Å². The van der Waals surface area contributed by atoms with Gasteiger partial charge in [-0.25, -0.2) is 0 Å². The fourth-order valence-corrected chi connectivity index (χ4v) is 2.38. The van der Waals surface area contributed by atoms with E-state index in [0.717, 1.165) is 57.3 Å². The molecule has 1 amide bonds. The Bertz CT molecular complexity index is 359. The normalized spacial score (nSPS) is 16.4. The molecule has 1 aromatic rings. The average molecular weight is 265 g/mol. The molecule has 1 aromatic heterocycles. The molecule has 2 heterocycles. The van der Waals surface area contributed by atoms with E-state index < -0.39 is 0 Å². The molecule has 0 spiro atoms. The van der Waals surface area contributed by atoms with Crippen molar-refractivity contribution in [2.24, 2.45) is 0 Å². The van der Waals surface area contributed by atoms with Crippen LogP contribution in [0, 0.1) is 0 Å². The summed E-state index contributed by atoms with van der Waals surface area (Å²) < 4.78 is 0. The number of amides is 1. The summed E-state index contributed by atoms with van der Waals surface area (Å²) in [5, 5.41) is 16.8. The maximum Gasteiger partial charge on any atom is 0.220 e. The Morgan fingerprint density at radius 2 is 2.16 bits per heavy atom. The van der Waals surface area contributed by atoms with Crippen LogP contribution >= 0.6 is 0 Å². The quantitative estimate of drug-likeness (QED) is 0.636. The van der Waals surface area contributed by atoms with E-state index in [0.29, 0.717) is 12.5 Å². The number of carbonyl (C=O) groups is 1. The zero-order valence-corrected chi connectivity index (χ0v) is 11.3. The first kappa shape index (κ1) is 14.0. The Morgan fingerprint density at radius 3 is 2.89 bits per heavy atom. The van der Waals surface area contributed by atoms with Crippen LogP contribution in [0.3, 0.4) is 0 Å². The van der Waals surface area contributed by atoms with Gasteiger partial charge in [-0.05, 0) is 45.2 Å². The third kappa shape index (κ3) is 5.38. The van der Waals surface area contributed by atoms with E-state index in [1.54, 1.807) is 6.20 Å². The summed E-state index contributed by atoms with van der Waals surface area (Å²) in [7, 11) is 0. The maximum atomic E-state index is 11.7. The standard InChI is InChI=1S/C13H23N5O/c19-13(16-11-6-8-14-9-7-11)5-3-1-2-4-12-10-15-18-17-12/h10-11,14H,1-9H2,(H,16,19)(H,15,17,18). The van der Waals surface area contributed by atoms with Crippen molar-refractivity contribution in [3.63, 3.8) is 0 Å². The van der Waals surface area contributed by atoms with Gasteiger partial charge in [-0.1, -0.05) is 6.42 Å². The molecule has 106 valence electrons. The van der Waals surface area contributed by atoms with Crippen LogP contribution < -0.4 is 10.6 Å². The van der Waals surface area contributed by atoms with Crippen molar-refractivity contribution in [1.29, 1.82) is 0 Å². The van der Waals surface area contributed by atoms with Gasteiger partial charge in [0.25, 0.3) is 0 Å². The number of unbranched alkanes of at least 4 members (excludes halogenated alkanes) is 2. The lowest BCUT2D eigenvalue weighted by Gasteiger charge is -2.23. The number of aromatic amines is 1. The molecule has 6 nitrogen and oxygen atoms in total. The van der Waals surface area contributed by atoms with Gasteiger partial charge in [0.05, 0.1) is 11.9 Å². The lowest BCUT2D eigenvalue weighted by atomic mass is 10.1. The predicted octanol–water partition coefficient (Wildman–Crippen LogP) is 0.776. The van der Waals surface area contributed by atoms with Crippen LogP contribution in [-0.2, 0) is 11.2 Å². The van der Waals surface area contributed by atoms with Gasteiger partial charge in [-0.3, -0.25) is 4.79 Å². The predicted molar refractivity (Wildman–Crippen MR) is 72.6 cm³/mol. The molecule has 1 fully saturated rings. The van der Waals surface area contributed by atoms with Gasteiger partial charge < -0.3 is 10.6 Å². The molecular weight excluding hydrogens is 242 g/mol. The first-order valence-corrected chi connectivity index (χ1v) is 7.19. The molecule has 0 radical (unpaired) electrons. The van der Waals surface area contributed by atoms with Crippen LogP contribution in [0.1, 0.15) is 44.2 Å². The van der Waals surface area contributed by atoms with Crippen molar-refractivity contribution in [2.45, 2.75) is 51.0 Å². The van der Waals surface area contributed by atoms with E-state index in [9.17, 15) is 4.79 Å². The number of rotatable bonds is 7. The topological polar surface area (TPSA) is 82.7 Å². The Morgan fingerprint density at radius 1 is 1.32 bits per heavy atom. The molecule has 6 heteroatoms. The summed E-state index contributed by atoms with van der Waals surface area (Å²) in [6.07, 6.45) is 8.52. The first-order chi connectivity index (χ1) is 9.34. The number of nitrogens with zero attached hydrogens (tertiary/aromatic N) is 2. The van der Waals surface area contributed by atoms with Crippen LogP contribution in [-0.4, -0.2) is 40.4 Å². The van der Waals surface area contributed by atoms with E-state index in [4.69, 9.17) is 0 Å². The maximum absolute atomic E-state index is 11.7. The number of piperidine rings is 1. The Kier molecular flexibility index (Phi) is 5.81. The van der Waals surface area contributed by atoms with Crippen LogP contribution in [0.4, 0.5) is 0 Å². The molecule has 2 rings (SSSR count). The monoisotopic (exact) mass is 265 g/mol. The molecule has 3 N–H and O–H groups in total. The van der Waals surface area contributed by atoms with Crippen LogP contribution in [0.5, 0.6) is 0 Å². The van der Waals surface area contributed by atoms with Crippen LogP contribution in [0.2, 0.25) is 0 Å². The third-order valence-corrected chi connectivity index (χ3v) is 3.51. The third-order valence-electron chi connectivity index (χ3n) is 3.51. The Balaban J connectivity index is 1.49. The minimum absolute atomic E-state index is 0.202. The number of aromatic nitrogens is 3. The number of hydrogen-bond acceptors (Lipinski definition) is 4. The van der Waals surface area contributed by atoms with Crippen molar-refractivity contribution in [3.8, 4) is 0 Å². The van der Waals surface area contributed by atoms with Gasteiger partial charge in [0.2, 0.25) is 5.91 Å². The van der Waals surface area contributed by atoms with Gasteiger partial charge >= 0.3 is 0 Å². The average Bonchev–Trinajstić information content (AvgIpc) is 2.92. The number of aryl methyl sites for hydroxylation is 1. The largest absolute Gasteiger partial charge is 0.353 e. The summed E-state index contributed by atoms with van der Waals surface area (Å²) in [6.45, 7) is 2.03. The molecule has 0 saturated carbocycles. The molecule has 1 aliphatic rings. The highest BCUT2D eigenvalue weighted by Gasteiger charge is 2.14. The second kappa shape index (κ2) is 7.89. The summed E-state index contributed by atoms with van der Waals surface area (Å²) in [5.74, 6) is 0.202. The van der Waals surface area contributed by atoms with E-state index >= 15 is 0 Å². The molecule has 0 unspecified atom stereocenters. The van der Waals surface area contributed by atoms with Crippen LogP contribution in [0.25, 0.3) is 0 Å².